The Hall–Kier alpha value is -1.77. The van der Waals surface area contributed by atoms with Gasteiger partial charge in [-0.1, -0.05) is 12.1 Å². The Balaban J connectivity index is 2.06. The number of nitrogen functional groups attached to an aromatic ring is 1. The molecule has 1 aliphatic rings. The van der Waals surface area contributed by atoms with Crippen LogP contribution in [0.2, 0.25) is 0 Å². The molecule has 0 bridgehead atoms. The van der Waals surface area contributed by atoms with Gasteiger partial charge in [-0.15, -0.1) is 0 Å². The van der Waals surface area contributed by atoms with Crippen molar-refractivity contribution in [1.82, 2.24) is 4.98 Å². The third-order valence-corrected chi connectivity index (χ3v) is 3.30. The number of anilines is 1. The van der Waals surface area contributed by atoms with E-state index in [2.05, 4.69) is 11.1 Å². The molecule has 3 rings (SSSR count). The maximum Gasteiger partial charge on any atom is 0.191 e. The van der Waals surface area contributed by atoms with Gasteiger partial charge in [-0.3, -0.25) is 0 Å². The van der Waals surface area contributed by atoms with Crippen LogP contribution < -0.4 is 5.73 Å². The summed E-state index contributed by atoms with van der Waals surface area (Å²) in [4.78, 5) is 4.44. The molecule has 1 aromatic carbocycles. The number of rotatable bonds is 2. The fourth-order valence-corrected chi connectivity index (χ4v) is 2.24. The fourth-order valence-electron chi connectivity index (χ4n) is 2.24. The smallest absolute Gasteiger partial charge is 0.191 e. The maximum atomic E-state index is 5.82. The number of nitrogens with two attached hydrogens (primary N) is 1. The largest absolute Gasteiger partial charge is 0.449 e. The van der Waals surface area contributed by atoms with Crippen LogP contribution in [0.1, 0.15) is 30.0 Å². The van der Waals surface area contributed by atoms with Gasteiger partial charge in [0, 0.05) is 18.0 Å². The fraction of sp³-hybridized carbons (Fsp3) is 0.308. The molecule has 2 N–H and O–H groups in total. The molecule has 82 valence electrons. The Morgan fingerprint density at radius 1 is 1.38 bits per heavy atom. The van der Waals surface area contributed by atoms with E-state index in [0.29, 0.717) is 0 Å². The topological polar surface area (TPSA) is 52.0 Å². The Labute approximate surface area is 94.3 Å². The monoisotopic (exact) mass is 214 g/mol. The normalized spacial score (nSPS) is 17.3. The minimum absolute atomic E-state index is 0.0626. The molecule has 0 radical (unpaired) electrons. The molecule has 1 heterocycles. The molecule has 0 saturated heterocycles. The van der Waals surface area contributed by atoms with Crippen molar-refractivity contribution in [3.63, 3.8) is 0 Å². The second-order valence-electron chi connectivity index (χ2n) is 4.46. The first-order valence-corrected chi connectivity index (χ1v) is 5.49. The average molecular weight is 214 g/mol. The maximum absolute atomic E-state index is 5.82. The quantitative estimate of drug-likeness (QED) is 0.782. The van der Waals surface area contributed by atoms with E-state index in [1.165, 1.54) is 5.56 Å². The van der Waals surface area contributed by atoms with Crippen LogP contribution in [0.3, 0.4) is 0 Å². The van der Waals surface area contributed by atoms with Gasteiger partial charge >= 0.3 is 0 Å². The number of hydrogen-bond acceptors (Lipinski definition) is 3. The lowest BCUT2D eigenvalue weighted by Crippen LogP contribution is -2.09. The van der Waals surface area contributed by atoms with Crippen LogP contribution in [0.15, 0.2) is 34.9 Å². The van der Waals surface area contributed by atoms with E-state index in [1.807, 2.05) is 25.1 Å². The Morgan fingerprint density at radius 3 is 2.75 bits per heavy atom. The molecule has 0 unspecified atom stereocenters. The van der Waals surface area contributed by atoms with Crippen molar-refractivity contribution in [3.8, 4) is 0 Å². The first kappa shape index (κ1) is 9.46. The Bertz CT molecular complexity index is 526. The zero-order valence-electron chi connectivity index (χ0n) is 9.23. The van der Waals surface area contributed by atoms with Crippen molar-refractivity contribution >= 4 is 5.69 Å². The lowest BCUT2D eigenvalue weighted by molar-refractivity contribution is 0.520. The Morgan fingerprint density at radius 2 is 2.19 bits per heavy atom. The summed E-state index contributed by atoms with van der Waals surface area (Å²) in [7, 11) is 0. The van der Waals surface area contributed by atoms with Gasteiger partial charge in [-0.05, 0) is 30.5 Å². The number of benzene rings is 1. The number of aromatic nitrogens is 1. The standard InChI is InChI=1S/C13H14N2O/c1-9-15-12(8-16-9)13(5-6-13)10-3-2-4-11(14)7-10/h2-4,7-8H,5-6,14H2,1H3. The zero-order chi connectivity index (χ0) is 11.2. The molecule has 3 nitrogen and oxygen atoms in total. The third-order valence-electron chi connectivity index (χ3n) is 3.30. The van der Waals surface area contributed by atoms with Crippen LogP contribution in [0.4, 0.5) is 5.69 Å². The van der Waals surface area contributed by atoms with Crippen molar-refractivity contribution in [2.45, 2.75) is 25.2 Å². The molecular weight excluding hydrogens is 200 g/mol. The van der Waals surface area contributed by atoms with Gasteiger partial charge < -0.3 is 10.2 Å². The highest BCUT2D eigenvalue weighted by Gasteiger charge is 2.48. The van der Waals surface area contributed by atoms with Crippen LogP contribution >= 0.6 is 0 Å². The number of oxazole rings is 1. The van der Waals surface area contributed by atoms with Crippen molar-refractivity contribution < 1.29 is 4.42 Å². The minimum Gasteiger partial charge on any atom is -0.449 e. The molecule has 1 saturated carbocycles. The van der Waals surface area contributed by atoms with Gasteiger partial charge in [0.1, 0.15) is 6.26 Å². The van der Waals surface area contributed by atoms with E-state index >= 15 is 0 Å². The lowest BCUT2D eigenvalue weighted by Gasteiger charge is -2.12. The summed E-state index contributed by atoms with van der Waals surface area (Å²) < 4.78 is 5.30. The SMILES string of the molecule is Cc1nc(C2(c3cccc(N)c3)CC2)co1. The molecular formula is C13H14N2O. The second kappa shape index (κ2) is 3.11. The summed E-state index contributed by atoms with van der Waals surface area (Å²) in [5.74, 6) is 0.727. The molecule has 0 aliphatic heterocycles. The van der Waals surface area contributed by atoms with E-state index in [0.717, 1.165) is 30.1 Å². The summed E-state index contributed by atoms with van der Waals surface area (Å²) in [6.45, 7) is 1.87. The molecule has 3 heteroatoms. The highest BCUT2D eigenvalue weighted by atomic mass is 16.3. The molecule has 2 aromatic rings. The zero-order valence-corrected chi connectivity index (χ0v) is 9.23. The molecule has 0 spiro atoms. The lowest BCUT2D eigenvalue weighted by atomic mass is 9.93. The average Bonchev–Trinajstić information content (AvgIpc) is 2.97. The van der Waals surface area contributed by atoms with Gasteiger partial charge in [0.05, 0.1) is 5.69 Å². The number of nitrogens with zero attached hydrogens (tertiary/aromatic N) is 1. The second-order valence-corrected chi connectivity index (χ2v) is 4.46. The van der Waals surface area contributed by atoms with E-state index in [1.54, 1.807) is 6.26 Å². The van der Waals surface area contributed by atoms with Crippen molar-refractivity contribution in [2.75, 3.05) is 5.73 Å². The highest BCUT2D eigenvalue weighted by Crippen LogP contribution is 2.53. The molecule has 0 atom stereocenters. The van der Waals surface area contributed by atoms with Crippen LogP contribution in [0.25, 0.3) is 0 Å². The van der Waals surface area contributed by atoms with Gasteiger partial charge in [-0.2, -0.15) is 0 Å². The van der Waals surface area contributed by atoms with E-state index in [9.17, 15) is 0 Å². The predicted molar refractivity (Wildman–Crippen MR) is 62.1 cm³/mol. The first-order valence-electron chi connectivity index (χ1n) is 5.49. The number of aryl methyl sites for hydroxylation is 1. The van der Waals surface area contributed by atoms with E-state index in [-0.39, 0.29) is 5.41 Å². The van der Waals surface area contributed by atoms with Gasteiger partial charge in [-0.25, -0.2) is 4.98 Å². The summed E-state index contributed by atoms with van der Waals surface area (Å²) >= 11 is 0. The van der Waals surface area contributed by atoms with Crippen LogP contribution in [-0.2, 0) is 5.41 Å². The van der Waals surface area contributed by atoms with Crippen molar-refractivity contribution in [1.29, 1.82) is 0 Å². The van der Waals surface area contributed by atoms with Crippen LogP contribution in [0, 0.1) is 6.92 Å². The van der Waals surface area contributed by atoms with Crippen LogP contribution in [0.5, 0.6) is 0 Å². The number of hydrogen-bond donors (Lipinski definition) is 1. The Kier molecular flexibility index (Phi) is 1.84. The van der Waals surface area contributed by atoms with Gasteiger partial charge in [0.15, 0.2) is 5.89 Å². The van der Waals surface area contributed by atoms with E-state index in [4.69, 9.17) is 10.2 Å². The van der Waals surface area contributed by atoms with Crippen molar-refractivity contribution in [3.05, 3.63) is 47.7 Å². The van der Waals surface area contributed by atoms with Gasteiger partial charge in [0.2, 0.25) is 0 Å². The van der Waals surface area contributed by atoms with Crippen LogP contribution in [-0.4, -0.2) is 4.98 Å². The molecule has 1 fully saturated rings. The minimum atomic E-state index is 0.0626. The van der Waals surface area contributed by atoms with Gasteiger partial charge in [0.25, 0.3) is 0 Å². The summed E-state index contributed by atoms with van der Waals surface area (Å²) in [6.07, 6.45) is 4.02. The third kappa shape index (κ3) is 1.32. The summed E-state index contributed by atoms with van der Waals surface area (Å²) in [6, 6.07) is 8.07. The van der Waals surface area contributed by atoms with E-state index < -0.39 is 0 Å². The molecule has 0 amide bonds. The first-order chi connectivity index (χ1) is 7.71. The molecule has 1 aliphatic carbocycles. The summed E-state index contributed by atoms with van der Waals surface area (Å²) in [5.41, 5.74) is 8.98. The molecule has 1 aromatic heterocycles. The molecule has 16 heavy (non-hydrogen) atoms. The van der Waals surface area contributed by atoms with Crippen molar-refractivity contribution in [2.24, 2.45) is 0 Å². The highest BCUT2D eigenvalue weighted by molar-refractivity contribution is 5.49. The summed E-state index contributed by atoms with van der Waals surface area (Å²) in [5, 5.41) is 0. The predicted octanol–water partition coefficient (Wildman–Crippen LogP) is 2.65.